The fourth-order valence-corrected chi connectivity index (χ4v) is 5.58. The Bertz CT molecular complexity index is 1480. The van der Waals surface area contributed by atoms with E-state index in [0.717, 1.165) is 59.5 Å². The molecule has 1 amide bonds. The molecule has 0 aliphatic rings. The first kappa shape index (κ1) is 40.8. The van der Waals surface area contributed by atoms with Crippen molar-refractivity contribution in [3.8, 4) is 0 Å². The van der Waals surface area contributed by atoms with Gasteiger partial charge in [-0.05, 0) is 63.6 Å². The van der Waals surface area contributed by atoms with Crippen molar-refractivity contribution in [2.24, 2.45) is 0 Å². The molecule has 0 saturated heterocycles. The lowest BCUT2D eigenvalue weighted by molar-refractivity contribution is -0.704. The normalized spacial score (nSPS) is 12.6. The number of halogens is 6. The second kappa shape index (κ2) is 17.1. The summed E-state index contributed by atoms with van der Waals surface area (Å²) in [5, 5.41) is 2.99. The van der Waals surface area contributed by atoms with E-state index in [1.807, 2.05) is 39.0 Å². The van der Waals surface area contributed by atoms with Crippen molar-refractivity contribution in [1.82, 2.24) is 5.32 Å². The first-order chi connectivity index (χ1) is 21.0. The van der Waals surface area contributed by atoms with E-state index in [1.54, 1.807) is 0 Å². The number of amides is 1. The van der Waals surface area contributed by atoms with Crippen LogP contribution in [-0.4, -0.2) is 40.6 Å². The number of carbonyl (C=O) groups excluding carboxylic acids is 1. The zero-order valence-electron chi connectivity index (χ0n) is 25.9. The van der Waals surface area contributed by atoms with Crippen LogP contribution in [0, 0.1) is 0 Å². The van der Waals surface area contributed by atoms with Crippen molar-refractivity contribution in [1.29, 1.82) is 0 Å². The van der Waals surface area contributed by atoms with Gasteiger partial charge in [0.15, 0.2) is 31.9 Å². The summed E-state index contributed by atoms with van der Waals surface area (Å²) in [5.74, 6) is 0. The van der Waals surface area contributed by atoms with Crippen LogP contribution in [0.15, 0.2) is 55.2 Å². The van der Waals surface area contributed by atoms with Gasteiger partial charge in [0, 0.05) is 25.0 Å². The number of nitrogens with zero attached hydrogens (tertiary/aromatic N) is 2. The molecule has 0 bridgehead atoms. The van der Waals surface area contributed by atoms with E-state index in [4.69, 9.17) is 4.74 Å². The fraction of sp³-hybridized carbons (Fsp3) is 0.517. The van der Waals surface area contributed by atoms with E-state index in [0.29, 0.717) is 6.61 Å². The molecule has 0 radical (unpaired) electrons. The smallest absolute Gasteiger partial charge is 0.450 e. The highest BCUT2D eigenvalue weighted by Crippen LogP contribution is 2.36. The molecule has 0 aliphatic heterocycles. The van der Waals surface area contributed by atoms with Gasteiger partial charge in [-0.3, -0.25) is 0 Å². The SMILES string of the molecule is C=C(C)c1cccc(C(C)(C)NC(=O)OCCCCCC[n+]2ccccc2CCC)c1.O=S(=O)([N-]S(=O)(=O)C(F)(F)F)C(F)(F)F. The molecule has 1 N–H and O–H groups in total. The number of hydrogen-bond acceptors (Lipinski definition) is 6. The van der Waals surface area contributed by atoms with Crippen LogP contribution in [0.2, 0.25) is 0 Å². The lowest BCUT2D eigenvalue weighted by Gasteiger charge is -2.27. The summed E-state index contributed by atoms with van der Waals surface area (Å²) in [6.07, 6.45) is 8.33. The van der Waals surface area contributed by atoms with E-state index in [1.165, 1.54) is 12.1 Å². The first-order valence-corrected chi connectivity index (χ1v) is 17.0. The molecule has 260 valence electrons. The number of alkyl halides is 6. The Balaban J connectivity index is 0.000000595. The summed E-state index contributed by atoms with van der Waals surface area (Å²) in [6.45, 7) is 13.7. The van der Waals surface area contributed by atoms with Gasteiger partial charge in [-0.2, -0.15) is 26.3 Å². The molecule has 1 heterocycles. The molecule has 2 aromatic rings. The average molecular weight is 704 g/mol. The van der Waals surface area contributed by atoms with Crippen LogP contribution in [0.4, 0.5) is 31.1 Å². The summed E-state index contributed by atoms with van der Waals surface area (Å²) in [5.41, 5.74) is -8.39. The Labute approximate surface area is 266 Å². The van der Waals surface area contributed by atoms with Gasteiger partial charge in [-0.1, -0.05) is 43.3 Å². The Morgan fingerprint density at radius 1 is 0.913 bits per heavy atom. The molecule has 17 heteroatoms. The molecule has 1 aromatic heterocycles. The molecule has 0 aliphatic carbocycles. The number of rotatable bonds is 14. The van der Waals surface area contributed by atoms with Gasteiger partial charge in [0.05, 0.1) is 12.1 Å². The zero-order chi connectivity index (χ0) is 35.4. The molecule has 0 unspecified atom stereocenters. The summed E-state index contributed by atoms with van der Waals surface area (Å²) in [7, 11) is -13.4. The number of alkyl carbamates (subject to hydrolysis) is 1. The van der Waals surface area contributed by atoms with Crippen LogP contribution in [0.25, 0.3) is 9.70 Å². The number of sulfonamides is 2. The summed E-state index contributed by atoms with van der Waals surface area (Å²) in [6, 6.07) is 14.5. The van der Waals surface area contributed by atoms with E-state index in [9.17, 15) is 48.0 Å². The van der Waals surface area contributed by atoms with Crippen molar-refractivity contribution in [3.05, 3.63) is 76.2 Å². The number of aryl methyl sites for hydroxylation is 2. The molecule has 1 aromatic carbocycles. The number of ether oxygens (including phenoxy) is 1. The lowest BCUT2D eigenvalue weighted by atomic mass is 9.92. The predicted octanol–water partition coefficient (Wildman–Crippen LogP) is 7.24. The summed E-state index contributed by atoms with van der Waals surface area (Å²) in [4.78, 5) is 12.3. The van der Waals surface area contributed by atoms with E-state index < -0.39 is 36.6 Å². The monoisotopic (exact) mass is 703 g/mol. The van der Waals surface area contributed by atoms with Gasteiger partial charge in [0.1, 0.15) is 6.54 Å². The largest absolute Gasteiger partial charge is 0.480 e. The molecular formula is C29H39F6N3O6S2. The van der Waals surface area contributed by atoms with Crippen LogP contribution in [0.3, 0.4) is 0 Å². The van der Waals surface area contributed by atoms with Crippen molar-refractivity contribution in [2.75, 3.05) is 6.61 Å². The number of carbonyl (C=O) groups is 1. The van der Waals surface area contributed by atoms with Crippen molar-refractivity contribution in [3.63, 3.8) is 0 Å². The predicted molar refractivity (Wildman–Crippen MR) is 161 cm³/mol. The molecule has 0 atom stereocenters. The van der Waals surface area contributed by atoms with Crippen molar-refractivity contribution in [2.45, 2.75) is 89.3 Å². The number of nitrogens with one attached hydrogen (secondary N) is 1. The molecule has 2 rings (SSSR count). The fourth-order valence-electron chi connectivity index (χ4n) is 3.87. The number of benzene rings is 1. The maximum absolute atomic E-state index is 12.3. The number of unbranched alkanes of at least 4 members (excludes halogenated alkanes) is 3. The van der Waals surface area contributed by atoms with Crippen LogP contribution in [0.5, 0.6) is 0 Å². The maximum Gasteiger partial charge on any atom is 0.480 e. The van der Waals surface area contributed by atoms with Crippen LogP contribution >= 0.6 is 0 Å². The number of aromatic nitrogens is 1. The van der Waals surface area contributed by atoms with Gasteiger partial charge in [-0.25, -0.2) is 26.2 Å². The third kappa shape index (κ3) is 13.3. The van der Waals surface area contributed by atoms with Gasteiger partial charge in [0.25, 0.3) is 0 Å². The molecule has 46 heavy (non-hydrogen) atoms. The maximum atomic E-state index is 12.3. The molecule has 0 fully saturated rings. The minimum atomic E-state index is -6.72. The topological polar surface area (TPSA) is 125 Å². The Kier molecular flexibility index (Phi) is 15.2. The summed E-state index contributed by atoms with van der Waals surface area (Å²) >= 11 is 0. The van der Waals surface area contributed by atoms with E-state index >= 15 is 0 Å². The van der Waals surface area contributed by atoms with Crippen LogP contribution < -0.4 is 9.88 Å². The second-order valence-corrected chi connectivity index (χ2v) is 14.1. The van der Waals surface area contributed by atoms with Gasteiger partial charge in [0.2, 0.25) is 0 Å². The first-order valence-electron chi connectivity index (χ1n) is 14.1. The van der Waals surface area contributed by atoms with Gasteiger partial charge < -0.3 is 14.2 Å². The summed E-state index contributed by atoms with van der Waals surface area (Å²) < 4.78 is 117. The highest BCUT2D eigenvalue weighted by atomic mass is 32.3. The van der Waals surface area contributed by atoms with E-state index in [-0.39, 0.29) is 6.09 Å². The van der Waals surface area contributed by atoms with Crippen molar-refractivity contribution < 1.29 is 57.3 Å². The molecule has 0 spiro atoms. The Hall–Kier alpha value is -3.18. The highest BCUT2D eigenvalue weighted by Gasteiger charge is 2.47. The minimum Gasteiger partial charge on any atom is -0.450 e. The van der Waals surface area contributed by atoms with Gasteiger partial charge >= 0.3 is 17.1 Å². The third-order valence-electron chi connectivity index (χ3n) is 6.34. The standard InChI is InChI=1S/C27H38N2O2.C2F6NO4S2/c1-6-14-25-17-9-11-19-29(25)18-10-7-8-12-20-31-26(30)28-27(4,5)24-16-13-15-23(21-24)22(2)3;3-1(4,5)14(10,11)9-15(12,13)2(6,7)8/h9,11,13,15-17,19,21H,2,6-8,10,12,14,18,20H2,1,3-5H3;/q;-1/p+1. The van der Waals surface area contributed by atoms with Crippen LogP contribution in [-0.2, 0) is 43.3 Å². The van der Waals surface area contributed by atoms with Crippen LogP contribution in [0.1, 0.15) is 76.6 Å². The lowest BCUT2D eigenvalue weighted by Crippen LogP contribution is -2.41. The highest BCUT2D eigenvalue weighted by molar-refractivity contribution is 8.13. The van der Waals surface area contributed by atoms with E-state index in [2.05, 4.69) is 53.8 Å². The zero-order valence-corrected chi connectivity index (χ0v) is 27.5. The second-order valence-electron chi connectivity index (χ2n) is 10.7. The molecule has 9 nitrogen and oxygen atoms in total. The quantitative estimate of drug-likeness (QED) is 0.126. The van der Waals surface area contributed by atoms with Gasteiger partial charge in [-0.15, -0.1) is 0 Å². The minimum absolute atomic E-state index is 0.366. The Morgan fingerprint density at radius 3 is 2.04 bits per heavy atom. The number of allylic oxidation sites excluding steroid dienone is 1. The number of hydrogen-bond donors (Lipinski definition) is 1. The molecular weight excluding hydrogens is 664 g/mol. The third-order valence-corrected chi connectivity index (χ3v) is 9.08. The number of pyridine rings is 1. The molecule has 0 saturated carbocycles. The Morgan fingerprint density at radius 2 is 1.50 bits per heavy atom. The average Bonchev–Trinajstić information content (AvgIpc) is 2.92. The van der Waals surface area contributed by atoms with Crippen molar-refractivity contribution >= 4 is 31.7 Å².